The van der Waals surface area contributed by atoms with Crippen LogP contribution in [-0.2, 0) is 46.4 Å². The molecular formula is C29H37N9O7. The van der Waals surface area contributed by atoms with Crippen LogP contribution in [0.4, 0.5) is 0 Å². The van der Waals surface area contributed by atoms with Crippen LogP contribution in [0, 0.1) is 0 Å². The van der Waals surface area contributed by atoms with E-state index in [1.807, 2.05) is 67.6 Å². The van der Waals surface area contributed by atoms with E-state index in [1.165, 1.54) is 14.2 Å². The van der Waals surface area contributed by atoms with Crippen LogP contribution < -0.4 is 0 Å². The fourth-order valence-corrected chi connectivity index (χ4v) is 5.63. The molecule has 0 aromatic heterocycles. The van der Waals surface area contributed by atoms with Crippen molar-refractivity contribution >= 4 is 0 Å². The van der Waals surface area contributed by atoms with Crippen molar-refractivity contribution in [3.05, 3.63) is 103 Å². The Balaban J connectivity index is 1.63. The molecule has 2 fully saturated rings. The van der Waals surface area contributed by atoms with E-state index in [1.54, 1.807) is 0 Å². The van der Waals surface area contributed by atoms with Gasteiger partial charge in [0.1, 0.15) is 30.5 Å². The predicted molar refractivity (Wildman–Crippen MR) is 160 cm³/mol. The Morgan fingerprint density at radius 1 is 0.667 bits per heavy atom. The summed E-state index contributed by atoms with van der Waals surface area (Å²) in [6.45, 7) is 2.13. The number of benzene rings is 2. The predicted octanol–water partition coefficient (Wildman–Crippen LogP) is 5.38. The first-order valence-corrected chi connectivity index (χ1v) is 14.4. The normalized spacial score (nSPS) is 31.2. The Labute approximate surface area is 260 Å². The van der Waals surface area contributed by atoms with Crippen LogP contribution in [0.5, 0.6) is 0 Å². The Hall–Kier alpha value is -3.91. The van der Waals surface area contributed by atoms with Crippen molar-refractivity contribution < 1.29 is 33.2 Å². The van der Waals surface area contributed by atoms with Gasteiger partial charge in [-0.15, -0.1) is 0 Å². The van der Waals surface area contributed by atoms with Crippen molar-refractivity contribution in [3.63, 3.8) is 0 Å². The minimum Gasteiger partial charge on any atom is -0.378 e. The van der Waals surface area contributed by atoms with Gasteiger partial charge in [-0.2, -0.15) is 0 Å². The number of hydrogen-bond donors (Lipinski definition) is 0. The van der Waals surface area contributed by atoms with Crippen molar-refractivity contribution in [1.82, 2.24) is 0 Å². The zero-order valence-electron chi connectivity index (χ0n) is 25.3. The van der Waals surface area contributed by atoms with Gasteiger partial charge in [0.25, 0.3) is 0 Å². The van der Waals surface area contributed by atoms with Gasteiger partial charge in [-0.05, 0) is 34.6 Å². The average molecular weight is 624 g/mol. The first kappa shape index (κ1) is 34.0. The van der Waals surface area contributed by atoms with E-state index < -0.39 is 61.2 Å². The highest BCUT2D eigenvalue weighted by atomic mass is 16.7. The summed E-state index contributed by atoms with van der Waals surface area (Å²) in [6, 6.07) is 18.1. The van der Waals surface area contributed by atoms with Gasteiger partial charge in [-0.25, -0.2) is 0 Å². The van der Waals surface area contributed by atoms with Gasteiger partial charge in [-0.3, -0.25) is 0 Å². The Morgan fingerprint density at radius 3 is 1.71 bits per heavy atom. The van der Waals surface area contributed by atoms with E-state index >= 15 is 0 Å². The minimum absolute atomic E-state index is 0.0751. The summed E-state index contributed by atoms with van der Waals surface area (Å²) in [5, 5.41) is 11.4. The Kier molecular flexibility index (Phi) is 13.2. The quantitative estimate of drug-likeness (QED) is 0.143. The molecule has 10 atom stereocenters. The molecule has 240 valence electrons. The fourth-order valence-electron chi connectivity index (χ4n) is 5.63. The van der Waals surface area contributed by atoms with Gasteiger partial charge in [0, 0.05) is 29.0 Å². The Bertz CT molecular complexity index is 1340. The number of methoxy groups -OCH3 is 2. The van der Waals surface area contributed by atoms with Gasteiger partial charge in [0.2, 0.25) is 0 Å². The number of ether oxygens (including phenoxy) is 7. The second-order valence-corrected chi connectivity index (χ2v) is 10.5. The summed E-state index contributed by atoms with van der Waals surface area (Å²) in [4.78, 5) is 8.81. The summed E-state index contributed by atoms with van der Waals surface area (Å²) >= 11 is 0. The van der Waals surface area contributed by atoms with E-state index in [2.05, 4.69) is 30.1 Å². The second kappa shape index (κ2) is 17.5. The van der Waals surface area contributed by atoms with E-state index in [9.17, 15) is 5.53 Å². The SMILES string of the molecule is CO[C@@H]1[C@@H](OCc2ccccc2)[C@H](C)O[C@H](CN=[N+]=[N-])[C@H]1OC1O[C@H](CN=[N+]=[N-])[C@H](OCc2ccccc2)[C@H](OC)[C@H]1N=[N+]=[N-]. The topological polar surface area (TPSA) is 211 Å². The molecule has 0 spiro atoms. The van der Waals surface area contributed by atoms with Gasteiger partial charge in [0.15, 0.2) is 6.29 Å². The molecule has 16 heteroatoms. The highest BCUT2D eigenvalue weighted by Gasteiger charge is 2.52. The lowest BCUT2D eigenvalue weighted by atomic mass is 9.93. The summed E-state index contributed by atoms with van der Waals surface area (Å²) in [7, 11) is 2.97. The maximum atomic E-state index is 9.54. The molecule has 4 rings (SSSR count). The summed E-state index contributed by atoms with van der Waals surface area (Å²) < 4.78 is 43.3. The molecule has 2 heterocycles. The molecule has 0 bridgehead atoms. The summed E-state index contributed by atoms with van der Waals surface area (Å²) in [5.41, 5.74) is 29.6. The lowest BCUT2D eigenvalue weighted by Gasteiger charge is -2.49. The molecule has 2 aromatic rings. The molecule has 0 N–H and O–H groups in total. The molecule has 0 saturated carbocycles. The molecule has 0 amide bonds. The zero-order chi connectivity index (χ0) is 32.0. The maximum Gasteiger partial charge on any atom is 0.169 e. The Morgan fingerprint density at radius 2 is 1.20 bits per heavy atom. The average Bonchev–Trinajstić information content (AvgIpc) is 3.07. The van der Waals surface area contributed by atoms with Crippen LogP contribution in [0.3, 0.4) is 0 Å². The molecule has 2 aliphatic heterocycles. The van der Waals surface area contributed by atoms with E-state index in [0.29, 0.717) is 0 Å². The van der Waals surface area contributed by atoms with Gasteiger partial charge < -0.3 is 33.2 Å². The third-order valence-corrected chi connectivity index (χ3v) is 7.72. The first-order valence-electron chi connectivity index (χ1n) is 14.4. The van der Waals surface area contributed by atoms with Crippen molar-refractivity contribution in [1.29, 1.82) is 0 Å². The van der Waals surface area contributed by atoms with Crippen LogP contribution in [0.15, 0.2) is 76.0 Å². The smallest absolute Gasteiger partial charge is 0.169 e. The van der Waals surface area contributed by atoms with E-state index in [4.69, 9.17) is 44.2 Å². The molecule has 0 radical (unpaired) electrons. The lowest BCUT2D eigenvalue weighted by molar-refractivity contribution is -0.322. The van der Waals surface area contributed by atoms with E-state index in [-0.39, 0.29) is 26.3 Å². The van der Waals surface area contributed by atoms with Crippen molar-refractivity contribution in [2.45, 2.75) is 81.3 Å². The van der Waals surface area contributed by atoms with Gasteiger partial charge in [0.05, 0.1) is 50.7 Å². The highest BCUT2D eigenvalue weighted by molar-refractivity contribution is 5.14. The van der Waals surface area contributed by atoms with Gasteiger partial charge in [-0.1, -0.05) is 76.0 Å². The third kappa shape index (κ3) is 8.85. The summed E-state index contributed by atoms with van der Waals surface area (Å²) in [6.07, 6.45) is -7.14. The number of hydrogen-bond acceptors (Lipinski definition) is 10. The molecule has 2 aliphatic rings. The molecule has 0 aliphatic carbocycles. The van der Waals surface area contributed by atoms with Crippen molar-refractivity contribution in [2.24, 2.45) is 15.3 Å². The maximum absolute atomic E-state index is 9.54. The largest absolute Gasteiger partial charge is 0.378 e. The molecule has 45 heavy (non-hydrogen) atoms. The van der Waals surface area contributed by atoms with Crippen molar-refractivity contribution in [3.8, 4) is 0 Å². The highest BCUT2D eigenvalue weighted by Crippen LogP contribution is 2.35. The van der Waals surface area contributed by atoms with Crippen LogP contribution >= 0.6 is 0 Å². The molecule has 2 saturated heterocycles. The summed E-state index contributed by atoms with van der Waals surface area (Å²) in [5.74, 6) is 0. The second-order valence-electron chi connectivity index (χ2n) is 10.5. The van der Waals surface area contributed by atoms with E-state index in [0.717, 1.165) is 11.1 Å². The van der Waals surface area contributed by atoms with Crippen LogP contribution in [0.25, 0.3) is 31.3 Å². The molecular weight excluding hydrogens is 586 g/mol. The molecule has 1 unspecified atom stereocenters. The van der Waals surface area contributed by atoms with Crippen LogP contribution in [0.1, 0.15) is 18.1 Å². The van der Waals surface area contributed by atoms with Gasteiger partial charge >= 0.3 is 0 Å². The number of rotatable bonds is 15. The lowest BCUT2D eigenvalue weighted by Crippen LogP contribution is -2.64. The zero-order valence-corrected chi connectivity index (χ0v) is 25.3. The first-order chi connectivity index (χ1) is 22.0. The fraction of sp³-hybridized carbons (Fsp3) is 0.586. The number of nitrogens with zero attached hydrogens (tertiary/aromatic N) is 9. The minimum atomic E-state index is -1.22. The van der Waals surface area contributed by atoms with Crippen LogP contribution in [-0.4, -0.2) is 88.5 Å². The van der Waals surface area contributed by atoms with Crippen molar-refractivity contribution in [2.75, 3.05) is 27.3 Å². The standard InChI is InChI=1S/C29H37N9O7/c1-18-24(41-16-19-10-6-4-7-11-19)28(40-3)26(22(43-18)15-34-37-31)45-29-23(35-38-32)27(39-2)25(21(44-29)14-33-36-30)42-17-20-12-8-5-9-13-20/h4-13,18,21-29H,14-17H2,1-3H3/t18-,21+,22+,23+,24-,25-,26+,27+,28+,29?/m0/s1. The third-order valence-electron chi connectivity index (χ3n) is 7.72. The van der Waals surface area contributed by atoms with Crippen LogP contribution in [0.2, 0.25) is 0 Å². The molecule has 2 aromatic carbocycles. The molecule has 16 nitrogen and oxygen atoms in total. The monoisotopic (exact) mass is 623 g/mol. The number of azide groups is 3.